The van der Waals surface area contributed by atoms with Crippen LogP contribution < -0.4 is 4.46 Å². The zero-order valence-corrected chi connectivity index (χ0v) is 51.7. The summed E-state index contributed by atoms with van der Waals surface area (Å²) in [5, 5.41) is 1.12. The normalized spacial score (nSPS) is 12.6. The van der Waals surface area contributed by atoms with Gasteiger partial charge in [-0.1, -0.05) is 0 Å². The molecule has 0 heterocycles. The van der Waals surface area contributed by atoms with E-state index in [4.69, 9.17) is 0 Å². The van der Waals surface area contributed by atoms with Gasteiger partial charge in [-0.05, 0) is 0 Å². The van der Waals surface area contributed by atoms with E-state index in [0.29, 0.717) is 52.2 Å². The molecule has 0 bridgehead atoms. The Kier molecular flexibility index (Phi) is 19.4. The summed E-state index contributed by atoms with van der Waals surface area (Å²) in [6.07, 6.45) is 3.64. The number of halogens is 1. The molecule has 0 fully saturated rings. The Morgan fingerprint density at radius 3 is 0.797 bits per heavy atom. The number of benzene rings is 7. The monoisotopic (exact) mass is 1110 g/mol. The van der Waals surface area contributed by atoms with E-state index in [9.17, 15) is 0 Å². The standard InChI is InChI=1S/C72H89BrSe/c1-18-19-25-57(73)42-74-72-66(51-36-53(68-58(43(2)3)26-20-27-59(68)44(4)5)40-54(37-51)69-60(45(6)7)28-21-29-61(69)46(8)9)34-24-35-67(72)52-38-55(70-62(47(10)11)30-22-31-63(70)48(12)13)41-56(39-52)71-64(49(14)15)32-23-33-65(71)50(16)17/h20-24,26-41,43-50,57H,18-19,25,42H2,1-17H3. The topological polar surface area (TPSA) is 0 Å². The number of unbranched alkanes of at least 4 members (excludes halogenated alkanes) is 1. The second-order valence-corrected chi connectivity index (χ2v) is 27.3. The quantitative estimate of drug-likeness (QED) is 0.0527. The zero-order chi connectivity index (χ0) is 53.7. The Morgan fingerprint density at radius 1 is 0.338 bits per heavy atom. The fraction of sp³-hybridized carbons (Fsp3) is 0.417. The number of hydrogen-bond donors (Lipinski definition) is 0. The second-order valence-electron chi connectivity index (χ2n) is 23.8. The van der Waals surface area contributed by atoms with E-state index in [2.05, 4.69) is 261 Å². The van der Waals surface area contributed by atoms with Gasteiger partial charge in [-0.15, -0.1) is 0 Å². The van der Waals surface area contributed by atoms with Crippen molar-refractivity contribution in [2.24, 2.45) is 0 Å². The predicted octanol–water partition coefficient (Wildman–Crippen LogP) is 22.4. The molecule has 1 unspecified atom stereocenters. The molecule has 1 atom stereocenters. The van der Waals surface area contributed by atoms with Crippen LogP contribution in [0.15, 0.2) is 127 Å². The van der Waals surface area contributed by atoms with Crippen LogP contribution in [0, 0.1) is 0 Å². The molecule has 0 spiro atoms. The van der Waals surface area contributed by atoms with Crippen LogP contribution in [0.3, 0.4) is 0 Å². The number of hydrogen-bond acceptors (Lipinski definition) is 0. The van der Waals surface area contributed by atoms with Gasteiger partial charge in [-0.3, -0.25) is 0 Å². The SMILES string of the molecule is CCCCC(Br)C[Se]c1c(-c2cc(-c3c(C(C)C)cccc3C(C)C)cc(-c3c(C(C)C)cccc3C(C)C)c2)cccc1-c1cc(-c2c(C(C)C)cccc2C(C)C)cc(-c2c(C(C)C)cccc2C(C)C)c1. The first kappa shape index (κ1) is 57.2. The molecule has 2 heteroatoms. The summed E-state index contributed by atoms with van der Waals surface area (Å²) in [5.41, 5.74) is 27.7. The predicted molar refractivity (Wildman–Crippen MR) is 334 cm³/mol. The summed E-state index contributed by atoms with van der Waals surface area (Å²) in [5.74, 6) is 3.01. The first-order valence-electron chi connectivity index (χ1n) is 28.5. The van der Waals surface area contributed by atoms with Crippen molar-refractivity contribution in [2.45, 2.75) is 194 Å². The molecule has 0 N–H and O–H groups in total. The Morgan fingerprint density at radius 2 is 0.568 bits per heavy atom. The van der Waals surface area contributed by atoms with Gasteiger partial charge in [0.1, 0.15) is 0 Å². The summed E-state index contributed by atoms with van der Waals surface area (Å²) in [6.45, 7) is 40.2. The van der Waals surface area contributed by atoms with Crippen molar-refractivity contribution in [3.8, 4) is 66.8 Å². The van der Waals surface area contributed by atoms with Crippen LogP contribution in [0.4, 0.5) is 0 Å². The van der Waals surface area contributed by atoms with Gasteiger partial charge < -0.3 is 0 Å². The van der Waals surface area contributed by atoms with Gasteiger partial charge in [0.2, 0.25) is 0 Å². The van der Waals surface area contributed by atoms with Crippen LogP contribution in [-0.2, 0) is 0 Å². The number of rotatable bonds is 20. The van der Waals surface area contributed by atoms with Crippen molar-refractivity contribution in [1.82, 2.24) is 0 Å². The third-order valence-electron chi connectivity index (χ3n) is 15.4. The molecule has 0 aliphatic heterocycles. The summed E-state index contributed by atoms with van der Waals surface area (Å²) in [6, 6.07) is 51.0. The second kappa shape index (κ2) is 25.1. The molecule has 7 aromatic rings. The van der Waals surface area contributed by atoms with Gasteiger partial charge in [0.25, 0.3) is 0 Å². The third kappa shape index (κ3) is 12.5. The fourth-order valence-electron chi connectivity index (χ4n) is 11.5. The minimum atomic E-state index is 0.149. The molecule has 7 aromatic carbocycles. The average Bonchev–Trinajstić information content (AvgIpc) is 3.37. The van der Waals surface area contributed by atoms with Gasteiger partial charge in [0, 0.05) is 0 Å². The molecule has 0 saturated carbocycles. The van der Waals surface area contributed by atoms with Crippen molar-refractivity contribution in [3.63, 3.8) is 0 Å². The molecule has 0 aliphatic rings. The van der Waals surface area contributed by atoms with Crippen LogP contribution in [0.25, 0.3) is 66.8 Å². The molecule has 390 valence electrons. The Labute approximate surface area is 465 Å². The molecule has 0 saturated heterocycles. The summed E-state index contributed by atoms with van der Waals surface area (Å²) >= 11 is 4.40. The van der Waals surface area contributed by atoms with Crippen LogP contribution in [0.5, 0.6) is 0 Å². The van der Waals surface area contributed by atoms with Gasteiger partial charge in [-0.25, -0.2) is 0 Å². The van der Waals surface area contributed by atoms with Crippen LogP contribution in [0.2, 0.25) is 5.32 Å². The van der Waals surface area contributed by atoms with Gasteiger partial charge >= 0.3 is 468 Å². The molecule has 7 rings (SSSR count). The molecule has 0 aliphatic carbocycles. The minimum absolute atomic E-state index is 0.149. The van der Waals surface area contributed by atoms with Crippen LogP contribution >= 0.6 is 15.9 Å². The molecule has 0 amide bonds. The van der Waals surface area contributed by atoms with E-state index in [1.54, 1.807) is 0 Å². The van der Waals surface area contributed by atoms with Gasteiger partial charge in [0.05, 0.1) is 0 Å². The first-order chi connectivity index (χ1) is 35.2. The maximum absolute atomic E-state index is 4.25. The Balaban J connectivity index is 1.65. The summed E-state index contributed by atoms with van der Waals surface area (Å²) < 4.78 is 1.50. The van der Waals surface area contributed by atoms with E-state index in [0.717, 1.165) is 5.32 Å². The van der Waals surface area contributed by atoms with Crippen molar-refractivity contribution >= 4 is 35.3 Å². The Bertz CT molecular complexity index is 2570. The summed E-state index contributed by atoms with van der Waals surface area (Å²) in [7, 11) is 0. The molecule has 0 nitrogen and oxygen atoms in total. The van der Waals surface area contributed by atoms with Crippen molar-refractivity contribution in [3.05, 3.63) is 172 Å². The van der Waals surface area contributed by atoms with Crippen molar-refractivity contribution < 1.29 is 0 Å². The molecular formula is C72H89BrSe. The van der Waals surface area contributed by atoms with Crippen molar-refractivity contribution in [2.75, 3.05) is 0 Å². The van der Waals surface area contributed by atoms with Gasteiger partial charge in [-0.2, -0.15) is 0 Å². The van der Waals surface area contributed by atoms with Crippen molar-refractivity contribution in [1.29, 1.82) is 0 Å². The first-order valence-corrected chi connectivity index (χ1v) is 31.4. The molecule has 0 radical (unpaired) electrons. The maximum atomic E-state index is 4.25. The van der Waals surface area contributed by atoms with Crippen LogP contribution in [0.1, 0.15) is 229 Å². The van der Waals surface area contributed by atoms with Gasteiger partial charge in [0.15, 0.2) is 0 Å². The molecule has 74 heavy (non-hydrogen) atoms. The molecule has 0 aromatic heterocycles. The van der Waals surface area contributed by atoms with E-state index in [-0.39, 0.29) is 15.0 Å². The Hall–Kier alpha value is -4.46. The summed E-state index contributed by atoms with van der Waals surface area (Å²) in [4.78, 5) is 0.461. The number of alkyl halides is 1. The van der Waals surface area contributed by atoms with E-state index in [1.807, 2.05) is 0 Å². The zero-order valence-electron chi connectivity index (χ0n) is 48.4. The average molecular weight is 1110 g/mol. The molecular weight excluding hydrogens is 1020 g/mol. The fourth-order valence-corrected chi connectivity index (χ4v) is 15.0. The van der Waals surface area contributed by atoms with E-state index < -0.39 is 0 Å². The van der Waals surface area contributed by atoms with E-state index >= 15 is 0 Å². The third-order valence-corrected chi connectivity index (χ3v) is 19.9. The van der Waals surface area contributed by atoms with E-state index in [1.165, 1.54) is 135 Å². The van der Waals surface area contributed by atoms with Crippen LogP contribution in [-0.4, -0.2) is 19.8 Å².